The normalized spacial score (nSPS) is 15.4. The summed E-state index contributed by atoms with van der Waals surface area (Å²) in [5.41, 5.74) is 6.26. The number of rotatable bonds is 2. The first kappa shape index (κ1) is 17.7. The summed E-state index contributed by atoms with van der Waals surface area (Å²) in [6.45, 7) is 0. The van der Waals surface area contributed by atoms with E-state index in [9.17, 15) is 0 Å². The summed E-state index contributed by atoms with van der Waals surface area (Å²) in [7, 11) is 2.19. The Hall–Kier alpha value is -3.13. The molecule has 1 aliphatic rings. The minimum atomic E-state index is 0.736. The molecule has 0 radical (unpaired) electrons. The van der Waals surface area contributed by atoms with Gasteiger partial charge in [0.25, 0.3) is 0 Å². The van der Waals surface area contributed by atoms with Crippen LogP contribution in [0.1, 0.15) is 43.6 Å². The van der Waals surface area contributed by atoms with Gasteiger partial charge in [0.15, 0.2) is 0 Å². The van der Waals surface area contributed by atoms with Gasteiger partial charge in [0.1, 0.15) is 0 Å². The van der Waals surface area contributed by atoms with E-state index in [4.69, 9.17) is 4.98 Å². The van der Waals surface area contributed by atoms with Gasteiger partial charge in [0.2, 0.25) is 0 Å². The Morgan fingerprint density at radius 1 is 0.767 bits per heavy atom. The molecule has 0 saturated heterocycles. The lowest BCUT2D eigenvalue weighted by atomic mass is 9.83. The fourth-order valence-electron chi connectivity index (χ4n) is 5.53. The van der Waals surface area contributed by atoms with E-state index >= 15 is 0 Å². The van der Waals surface area contributed by atoms with Gasteiger partial charge >= 0.3 is 0 Å². The molecule has 2 heteroatoms. The molecule has 0 N–H and O–H groups in total. The van der Waals surface area contributed by atoms with Crippen LogP contribution in [0.4, 0.5) is 0 Å². The Morgan fingerprint density at radius 2 is 1.53 bits per heavy atom. The number of pyridine rings is 1. The number of benzene rings is 3. The van der Waals surface area contributed by atoms with E-state index in [1.54, 1.807) is 0 Å². The third-order valence-corrected chi connectivity index (χ3v) is 7.02. The molecule has 148 valence electrons. The molecular weight excluding hydrogens is 364 g/mol. The summed E-state index contributed by atoms with van der Waals surface area (Å²) in [6.07, 6.45) is 8.78. The fourth-order valence-corrected chi connectivity index (χ4v) is 5.53. The standard InChI is InChI=1S/C28H26N2/c1-30-27-23-14-12-21(19-8-4-2-5-9-19)18-22(23)13-15-24(27)25-16-17-29-26(28(25)30)20-10-6-3-7-11-20/h3,6-7,10-19H,2,4-5,8-9H2,1H3. The molecular formula is C28H26N2. The molecule has 5 aromatic rings. The van der Waals surface area contributed by atoms with Crippen LogP contribution in [0.25, 0.3) is 43.8 Å². The lowest BCUT2D eigenvalue weighted by Gasteiger charge is -2.22. The Balaban J connectivity index is 1.60. The predicted molar refractivity (Wildman–Crippen MR) is 127 cm³/mol. The number of hydrogen-bond donors (Lipinski definition) is 0. The molecule has 0 spiro atoms. The molecule has 3 aromatic carbocycles. The van der Waals surface area contributed by atoms with Crippen LogP contribution < -0.4 is 0 Å². The van der Waals surface area contributed by atoms with Gasteiger partial charge in [0.05, 0.1) is 16.7 Å². The largest absolute Gasteiger partial charge is 0.341 e. The quantitative estimate of drug-likeness (QED) is 0.303. The highest BCUT2D eigenvalue weighted by Crippen LogP contribution is 2.39. The molecule has 0 bridgehead atoms. The van der Waals surface area contributed by atoms with Crippen LogP contribution in [0.2, 0.25) is 0 Å². The molecule has 1 fully saturated rings. The van der Waals surface area contributed by atoms with E-state index in [1.807, 2.05) is 6.20 Å². The third kappa shape index (κ3) is 2.67. The summed E-state index contributed by atoms with van der Waals surface area (Å²) in [5, 5.41) is 5.28. The van der Waals surface area contributed by atoms with Gasteiger partial charge in [-0.1, -0.05) is 79.9 Å². The fraction of sp³-hybridized carbons (Fsp3) is 0.250. The van der Waals surface area contributed by atoms with Crippen molar-refractivity contribution >= 4 is 32.6 Å². The number of fused-ring (bicyclic) bond motifs is 5. The molecule has 0 atom stereocenters. The van der Waals surface area contributed by atoms with Gasteiger partial charge in [-0.25, -0.2) is 0 Å². The molecule has 0 unspecified atom stereocenters. The van der Waals surface area contributed by atoms with Crippen molar-refractivity contribution in [3.63, 3.8) is 0 Å². The van der Waals surface area contributed by atoms with Crippen LogP contribution in [0, 0.1) is 0 Å². The van der Waals surface area contributed by atoms with E-state index in [0.29, 0.717) is 0 Å². The van der Waals surface area contributed by atoms with Gasteiger partial charge in [-0.3, -0.25) is 4.98 Å². The van der Waals surface area contributed by atoms with Gasteiger partial charge in [-0.05, 0) is 35.8 Å². The monoisotopic (exact) mass is 390 g/mol. The molecule has 6 rings (SSSR count). The molecule has 1 saturated carbocycles. The van der Waals surface area contributed by atoms with Crippen LogP contribution in [0.5, 0.6) is 0 Å². The van der Waals surface area contributed by atoms with Crippen molar-refractivity contribution in [3.05, 3.63) is 78.5 Å². The minimum Gasteiger partial charge on any atom is -0.341 e. The zero-order valence-corrected chi connectivity index (χ0v) is 17.4. The van der Waals surface area contributed by atoms with Gasteiger partial charge < -0.3 is 4.57 Å². The second-order valence-corrected chi connectivity index (χ2v) is 8.76. The first-order valence-electron chi connectivity index (χ1n) is 11.2. The summed E-state index contributed by atoms with van der Waals surface area (Å²) in [5.74, 6) is 0.736. The lowest BCUT2D eigenvalue weighted by Crippen LogP contribution is -2.04. The van der Waals surface area contributed by atoms with E-state index < -0.39 is 0 Å². The zero-order chi connectivity index (χ0) is 20.1. The molecule has 1 aliphatic carbocycles. The summed E-state index contributed by atoms with van der Waals surface area (Å²) < 4.78 is 2.35. The van der Waals surface area contributed by atoms with E-state index in [2.05, 4.69) is 78.3 Å². The summed E-state index contributed by atoms with van der Waals surface area (Å²) in [6, 6.07) is 24.5. The van der Waals surface area contributed by atoms with Gasteiger partial charge in [0, 0.05) is 35.0 Å². The second-order valence-electron chi connectivity index (χ2n) is 8.76. The topological polar surface area (TPSA) is 17.8 Å². The van der Waals surface area contributed by atoms with Crippen LogP contribution >= 0.6 is 0 Å². The van der Waals surface area contributed by atoms with Crippen molar-refractivity contribution in [2.24, 2.45) is 7.05 Å². The van der Waals surface area contributed by atoms with Crippen molar-refractivity contribution in [1.29, 1.82) is 0 Å². The van der Waals surface area contributed by atoms with Gasteiger partial charge in [-0.15, -0.1) is 0 Å². The van der Waals surface area contributed by atoms with Crippen molar-refractivity contribution < 1.29 is 0 Å². The van der Waals surface area contributed by atoms with Crippen molar-refractivity contribution in [3.8, 4) is 11.3 Å². The summed E-state index contributed by atoms with van der Waals surface area (Å²) >= 11 is 0. The maximum absolute atomic E-state index is 4.77. The first-order chi connectivity index (χ1) is 14.8. The average Bonchev–Trinajstić information content (AvgIpc) is 3.12. The van der Waals surface area contributed by atoms with Crippen LogP contribution in [0.3, 0.4) is 0 Å². The smallest absolute Gasteiger partial charge is 0.0945 e. The SMILES string of the molecule is Cn1c2c(-c3ccccc3)nccc2c2ccc3cc(C4CCCCC4)ccc3c21. The number of nitrogens with zero attached hydrogens (tertiary/aromatic N) is 2. The maximum atomic E-state index is 4.77. The number of aromatic nitrogens is 2. The molecule has 2 heterocycles. The highest BCUT2D eigenvalue weighted by Gasteiger charge is 2.18. The van der Waals surface area contributed by atoms with Crippen molar-refractivity contribution in [2.45, 2.75) is 38.0 Å². The van der Waals surface area contributed by atoms with Crippen molar-refractivity contribution in [2.75, 3.05) is 0 Å². The molecule has 30 heavy (non-hydrogen) atoms. The number of hydrogen-bond acceptors (Lipinski definition) is 1. The first-order valence-corrected chi connectivity index (χ1v) is 11.2. The van der Waals surface area contributed by atoms with E-state index in [-0.39, 0.29) is 0 Å². The van der Waals surface area contributed by atoms with E-state index in [0.717, 1.165) is 17.2 Å². The molecule has 0 aliphatic heterocycles. The Bertz CT molecular complexity index is 1370. The molecule has 2 nitrogen and oxygen atoms in total. The highest BCUT2D eigenvalue weighted by molar-refractivity contribution is 6.19. The van der Waals surface area contributed by atoms with Crippen molar-refractivity contribution in [1.82, 2.24) is 9.55 Å². The minimum absolute atomic E-state index is 0.736. The highest BCUT2D eigenvalue weighted by atomic mass is 15.0. The lowest BCUT2D eigenvalue weighted by molar-refractivity contribution is 0.444. The summed E-state index contributed by atoms with van der Waals surface area (Å²) in [4.78, 5) is 4.77. The molecule has 2 aromatic heterocycles. The maximum Gasteiger partial charge on any atom is 0.0945 e. The third-order valence-electron chi connectivity index (χ3n) is 7.02. The zero-order valence-electron chi connectivity index (χ0n) is 17.4. The predicted octanol–water partition coefficient (Wildman–Crippen LogP) is 7.59. The van der Waals surface area contributed by atoms with Crippen LogP contribution in [0.15, 0.2) is 72.9 Å². The molecule has 0 amide bonds. The van der Waals surface area contributed by atoms with Crippen LogP contribution in [-0.4, -0.2) is 9.55 Å². The average molecular weight is 391 g/mol. The number of aryl methyl sites for hydroxylation is 1. The van der Waals surface area contributed by atoms with Crippen LogP contribution in [-0.2, 0) is 7.05 Å². The second kappa shape index (κ2) is 6.98. The Kier molecular flexibility index (Phi) is 4.12. The Labute approximate surface area is 177 Å². The van der Waals surface area contributed by atoms with E-state index in [1.165, 1.54) is 70.2 Å². The van der Waals surface area contributed by atoms with Gasteiger partial charge in [-0.2, -0.15) is 0 Å². The Morgan fingerprint density at radius 3 is 2.37 bits per heavy atom.